The summed E-state index contributed by atoms with van der Waals surface area (Å²) in [5.41, 5.74) is 21.4. The molecule has 0 N–H and O–H groups in total. The summed E-state index contributed by atoms with van der Waals surface area (Å²) in [5, 5.41) is 0. The SMILES string of the molecule is c1ccc(-c2ccc(-c3ccc(N(c4ccccc4)c4ccc(-c5cccc6c5C5(c7ccccc7-6)c6ccccc6N(c6ccccc6)c6ccccc65)cc4)cc3)cc2)cc1. The molecule has 1 spiro atoms. The molecule has 0 saturated heterocycles. The molecule has 0 fully saturated rings. The van der Waals surface area contributed by atoms with Gasteiger partial charge < -0.3 is 9.80 Å². The van der Waals surface area contributed by atoms with Gasteiger partial charge in [-0.1, -0.05) is 194 Å². The van der Waals surface area contributed by atoms with Crippen molar-refractivity contribution in [3.05, 3.63) is 277 Å². The Balaban J connectivity index is 0.972. The van der Waals surface area contributed by atoms with Crippen LogP contribution in [0.5, 0.6) is 0 Å². The van der Waals surface area contributed by atoms with E-state index in [0.29, 0.717) is 0 Å². The molecule has 0 atom stereocenters. The van der Waals surface area contributed by atoms with Gasteiger partial charge in [-0.2, -0.15) is 0 Å². The zero-order valence-corrected chi connectivity index (χ0v) is 34.6. The van der Waals surface area contributed by atoms with Crippen molar-refractivity contribution in [3.8, 4) is 44.5 Å². The van der Waals surface area contributed by atoms with Crippen LogP contribution in [0.4, 0.5) is 34.1 Å². The summed E-state index contributed by atoms with van der Waals surface area (Å²) in [6, 6.07) is 93.1. The Bertz CT molecular complexity index is 3200. The smallest absolute Gasteiger partial charge is 0.0760 e. The van der Waals surface area contributed by atoms with Gasteiger partial charge in [-0.3, -0.25) is 0 Å². The summed E-state index contributed by atoms with van der Waals surface area (Å²) in [5.74, 6) is 0. The van der Waals surface area contributed by atoms with E-state index in [1.54, 1.807) is 0 Å². The lowest BCUT2D eigenvalue weighted by molar-refractivity contribution is 0.754. The predicted molar refractivity (Wildman–Crippen MR) is 263 cm³/mol. The molecule has 63 heavy (non-hydrogen) atoms. The molecular weight excluding hydrogens is 761 g/mol. The summed E-state index contributed by atoms with van der Waals surface area (Å²) in [4.78, 5) is 4.80. The third-order valence-corrected chi connectivity index (χ3v) is 13.1. The van der Waals surface area contributed by atoms with Gasteiger partial charge in [-0.25, -0.2) is 0 Å². The Labute approximate surface area is 369 Å². The van der Waals surface area contributed by atoms with Crippen LogP contribution in [0.1, 0.15) is 22.3 Å². The highest BCUT2D eigenvalue weighted by Gasteiger charge is 2.52. The first-order valence-corrected chi connectivity index (χ1v) is 21.8. The Morgan fingerprint density at radius 3 is 1.25 bits per heavy atom. The van der Waals surface area contributed by atoms with Gasteiger partial charge in [-0.15, -0.1) is 0 Å². The average molecular weight is 803 g/mol. The van der Waals surface area contributed by atoms with Crippen molar-refractivity contribution in [2.75, 3.05) is 9.80 Å². The maximum absolute atomic E-state index is 2.44. The first-order chi connectivity index (χ1) is 31.3. The van der Waals surface area contributed by atoms with Crippen molar-refractivity contribution < 1.29 is 0 Å². The average Bonchev–Trinajstić information content (AvgIpc) is 3.66. The molecule has 0 radical (unpaired) electrons. The monoisotopic (exact) mass is 802 g/mol. The fraction of sp³-hybridized carbons (Fsp3) is 0.0164. The Kier molecular flexibility index (Phi) is 8.76. The minimum atomic E-state index is -0.542. The predicted octanol–water partition coefficient (Wildman–Crippen LogP) is 16.3. The van der Waals surface area contributed by atoms with E-state index in [1.165, 1.54) is 78.1 Å². The summed E-state index contributed by atoms with van der Waals surface area (Å²) in [7, 11) is 0. The van der Waals surface area contributed by atoms with Gasteiger partial charge in [0.15, 0.2) is 0 Å². The molecule has 1 aliphatic carbocycles. The van der Waals surface area contributed by atoms with Gasteiger partial charge in [0, 0.05) is 22.7 Å². The maximum Gasteiger partial charge on any atom is 0.0760 e. The standard InChI is InChI=1S/C61H42N2/c1-4-17-43(18-5-1)44-31-33-45(34-32-44)46-35-39-50(40-36-46)62(48-19-6-2-7-20-48)51-41-37-47(38-42-51)52-24-16-25-54-53-23-10-11-26-55(53)61(60(52)54)56-27-12-14-29-58(56)63(49-21-8-3-9-22-49)59-30-15-13-28-57(59)61/h1-42H. The fourth-order valence-corrected chi connectivity index (χ4v) is 10.4. The van der Waals surface area contributed by atoms with Crippen LogP contribution in [0.3, 0.4) is 0 Å². The minimum Gasteiger partial charge on any atom is -0.311 e. The zero-order valence-electron chi connectivity index (χ0n) is 34.6. The topological polar surface area (TPSA) is 6.48 Å². The molecule has 0 bridgehead atoms. The quantitative estimate of drug-likeness (QED) is 0.158. The number of rotatable bonds is 7. The number of nitrogens with zero attached hydrogens (tertiary/aromatic N) is 2. The molecule has 0 unspecified atom stereocenters. The molecule has 0 amide bonds. The molecule has 10 aromatic carbocycles. The third-order valence-electron chi connectivity index (χ3n) is 13.1. The van der Waals surface area contributed by atoms with Gasteiger partial charge in [0.05, 0.1) is 16.8 Å². The van der Waals surface area contributed by atoms with E-state index in [4.69, 9.17) is 0 Å². The maximum atomic E-state index is 2.44. The van der Waals surface area contributed by atoms with Crippen LogP contribution >= 0.6 is 0 Å². The number of fused-ring (bicyclic) bond motifs is 9. The van der Waals surface area contributed by atoms with Gasteiger partial charge in [0.2, 0.25) is 0 Å². The first-order valence-electron chi connectivity index (χ1n) is 21.8. The fourth-order valence-electron chi connectivity index (χ4n) is 10.4. The molecule has 2 nitrogen and oxygen atoms in total. The largest absolute Gasteiger partial charge is 0.311 e. The highest BCUT2D eigenvalue weighted by Crippen LogP contribution is 2.65. The Hall–Kier alpha value is -8.20. The van der Waals surface area contributed by atoms with Crippen LogP contribution < -0.4 is 9.80 Å². The van der Waals surface area contributed by atoms with Gasteiger partial charge in [0.1, 0.15) is 0 Å². The molecule has 2 aliphatic rings. The van der Waals surface area contributed by atoms with E-state index in [1.807, 2.05) is 0 Å². The lowest BCUT2D eigenvalue weighted by atomic mass is 9.63. The molecule has 1 heterocycles. The van der Waals surface area contributed by atoms with Crippen molar-refractivity contribution in [2.45, 2.75) is 5.41 Å². The summed E-state index contributed by atoms with van der Waals surface area (Å²) in [6.45, 7) is 0. The molecular formula is C61H42N2. The van der Waals surface area contributed by atoms with Gasteiger partial charge in [-0.05, 0) is 127 Å². The molecule has 10 aromatic rings. The number of hydrogen-bond acceptors (Lipinski definition) is 2. The van der Waals surface area contributed by atoms with E-state index < -0.39 is 5.41 Å². The van der Waals surface area contributed by atoms with E-state index in [9.17, 15) is 0 Å². The van der Waals surface area contributed by atoms with Crippen LogP contribution in [-0.4, -0.2) is 0 Å². The van der Waals surface area contributed by atoms with Crippen LogP contribution in [0.15, 0.2) is 255 Å². The molecule has 1 aliphatic heterocycles. The van der Waals surface area contributed by atoms with Gasteiger partial charge in [0.25, 0.3) is 0 Å². The van der Waals surface area contributed by atoms with Crippen molar-refractivity contribution in [2.24, 2.45) is 0 Å². The van der Waals surface area contributed by atoms with E-state index in [0.717, 1.165) is 22.7 Å². The Morgan fingerprint density at radius 1 is 0.270 bits per heavy atom. The van der Waals surface area contributed by atoms with Crippen LogP contribution in [-0.2, 0) is 5.41 Å². The van der Waals surface area contributed by atoms with Crippen molar-refractivity contribution in [3.63, 3.8) is 0 Å². The molecule has 0 saturated carbocycles. The third kappa shape index (κ3) is 5.87. The Morgan fingerprint density at radius 2 is 0.667 bits per heavy atom. The second-order valence-electron chi connectivity index (χ2n) is 16.4. The summed E-state index contributed by atoms with van der Waals surface area (Å²) < 4.78 is 0. The number of benzene rings is 10. The van der Waals surface area contributed by atoms with Gasteiger partial charge >= 0.3 is 0 Å². The molecule has 2 heteroatoms. The normalized spacial score (nSPS) is 12.9. The highest BCUT2D eigenvalue weighted by atomic mass is 15.2. The van der Waals surface area contributed by atoms with Crippen LogP contribution in [0.25, 0.3) is 44.5 Å². The van der Waals surface area contributed by atoms with E-state index in [2.05, 4.69) is 265 Å². The highest BCUT2D eigenvalue weighted by molar-refractivity contribution is 5.99. The second-order valence-corrected chi connectivity index (χ2v) is 16.4. The minimum absolute atomic E-state index is 0.542. The van der Waals surface area contributed by atoms with Crippen molar-refractivity contribution >= 4 is 34.1 Å². The van der Waals surface area contributed by atoms with Crippen molar-refractivity contribution in [1.29, 1.82) is 0 Å². The lowest BCUT2D eigenvalue weighted by Crippen LogP contribution is -2.36. The van der Waals surface area contributed by atoms with Crippen LogP contribution in [0.2, 0.25) is 0 Å². The number of hydrogen-bond donors (Lipinski definition) is 0. The zero-order chi connectivity index (χ0) is 41.7. The number of anilines is 6. The molecule has 296 valence electrons. The van der Waals surface area contributed by atoms with E-state index >= 15 is 0 Å². The summed E-state index contributed by atoms with van der Waals surface area (Å²) in [6.07, 6.45) is 0. The molecule has 0 aromatic heterocycles. The second kappa shape index (κ2) is 15.1. The number of para-hydroxylation sites is 4. The van der Waals surface area contributed by atoms with E-state index in [-0.39, 0.29) is 0 Å². The lowest BCUT2D eigenvalue weighted by Gasteiger charge is -2.45. The summed E-state index contributed by atoms with van der Waals surface area (Å²) >= 11 is 0. The van der Waals surface area contributed by atoms with Crippen molar-refractivity contribution in [1.82, 2.24) is 0 Å². The molecule has 12 rings (SSSR count). The first kappa shape index (κ1) is 36.6. The van der Waals surface area contributed by atoms with Crippen LogP contribution in [0, 0.1) is 0 Å².